The molecule has 112 valence electrons. The number of hydrogen-bond acceptors (Lipinski definition) is 4. The number of pyridine rings is 1. The SMILES string of the molecule is O=C(NCc1ccncc1)C(=O)N/N=C\c1ccc(Cl)cc1. The number of benzene rings is 1. The molecule has 0 saturated carbocycles. The molecule has 0 bridgehead atoms. The maximum Gasteiger partial charge on any atom is 0.329 e. The lowest BCUT2D eigenvalue weighted by atomic mass is 10.2. The van der Waals surface area contributed by atoms with E-state index in [1.165, 1.54) is 6.21 Å². The minimum atomic E-state index is -0.834. The Morgan fingerprint density at radius 2 is 1.77 bits per heavy atom. The Morgan fingerprint density at radius 1 is 1.09 bits per heavy atom. The van der Waals surface area contributed by atoms with Crippen molar-refractivity contribution in [3.05, 3.63) is 64.9 Å². The Morgan fingerprint density at radius 3 is 2.45 bits per heavy atom. The second kappa shape index (κ2) is 7.90. The van der Waals surface area contributed by atoms with Crippen LogP contribution in [0.3, 0.4) is 0 Å². The van der Waals surface area contributed by atoms with Crippen LogP contribution >= 0.6 is 11.6 Å². The van der Waals surface area contributed by atoms with Gasteiger partial charge in [-0.15, -0.1) is 0 Å². The maximum atomic E-state index is 11.6. The molecule has 2 aromatic rings. The van der Waals surface area contributed by atoms with Crippen LogP contribution in [0.2, 0.25) is 5.02 Å². The third-order valence-electron chi connectivity index (χ3n) is 2.66. The Hall–Kier alpha value is -2.73. The number of amides is 2. The molecule has 0 unspecified atom stereocenters. The summed E-state index contributed by atoms with van der Waals surface area (Å²) in [5, 5.41) is 6.80. The quantitative estimate of drug-likeness (QED) is 0.509. The van der Waals surface area contributed by atoms with Crippen LogP contribution in [0.1, 0.15) is 11.1 Å². The highest BCUT2D eigenvalue weighted by atomic mass is 35.5. The standard InChI is InChI=1S/C15H13ClN4O2/c16-13-3-1-11(2-4-13)10-19-20-15(22)14(21)18-9-12-5-7-17-8-6-12/h1-8,10H,9H2,(H,18,21)(H,20,22)/b19-10-. The Labute approximate surface area is 132 Å². The molecule has 0 atom stereocenters. The Balaban J connectivity index is 1.79. The monoisotopic (exact) mass is 316 g/mol. The van der Waals surface area contributed by atoms with Gasteiger partial charge in [-0.3, -0.25) is 14.6 Å². The zero-order valence-corrected chi connectivity index (χ0v) is 12.2. The van der Waals surface area contributed by atoms with E-state index in [0.29, 0.717) is 5.02 Å². The molecule has 2 rings (SSSR count). The van der Waals surface area contributed by atoms with E-state index in [9.17, 15) is 9.59 Å². The molecule has 0 saturated heterocycles. The van der Waals surface area contributed by atoms with Crippen LogP contribution in [-0.2, 0) is 16.1 Å². The summed E-state index contributed by atoms with van der Waals surface area (Å²) >= 11 is 5.75. The molecule has 0 fully saturated rings. The Bertz CT molecular complexity index is 672. The lowest BCUT2D eigenvalue weighted by Crippen LogP contribution is -2.37. The molecular formula is C15H13ClN4O2. The Kier molecular flexibility index (Phi) is 5.62. The summed E-state index contributed by atoms with van der Waals surface area (Å²) in [6.07, 6.45) is 4.64. The highest BCUT2D eigenvalue weighted by Crippen LogP contribution is 2.07. The molecule has 0 aliphatic carbocycles. The second-order valence-corrected chi connectivity index (χ2v) is 4.73. The highest BCUT2D eigenvalue weighted by molar-refractivity contribution is 6.35. The number of halogens is 1. The molecule has 1 aromatic heterocycles. The van der Waals surface area contributed by atoms with E-state index < -0.39 is 11.8 Å². The van der Waals surface area contributed by atoms with Crippen molar-refractivity contribution in [2.75, 3.05) is 0 Å². The molecule has 2 N–H and O–H groups in total. The largest absolute Gasteiger partial charge is 0.344 e. The second-order valence-electron chi connectivity index (χ2n) is 4.29. The zero-order chi connectivity index (χ0) is 15.8. The van der Waals surface area contributed by atoms with E-state index in [0.717, 1.165) is 11.1 Å². The van der Waals surface area contributed by atoms with E-state index in [2.05, 4.69) is 20.8 Å². The van der Waals surface area contributed by atoms with Gasteiger partial charge in [0.2, 0.25) is 0 Å². The van der Waals surface area contributed by atoms with Gasteiger partial charge in [-0.25, -0.2) is 5.43 Å². The molecule has 2 amide bonds. The summed E-state index contributed by atoms with van der Waals surface area (Å²) in [6, 6.07) is 10.4. The predicted molar refractivity (Wildman–Crippen MR) is 83.3 cm³/mol. The van der Waals surface area contributed by atoms with E-state index in [-0.39, 0.29) is 6.54 Å². The summed E-state index contributed by atoms with van der Waals surface area (Å²) in [5.41, 5.74) is 3.75. The van der Waals surface area contributed by atoms with E-state index in [1.54, 1.807) is 48.8 Å². The van der Waals surface area contributed by atoms with Crippen molar-refractivity contribution in [1.29, 1.82) is 0 Å². The van der Waals surface area contributed by atoms with E-state index in [1.807, 2.05) is 0 Å². The van der Waals surface area contributed by atoms with Gasteiger partial charge in [0.1, 0.15) is 0 Å². The molecule has 0 radical (unpaired) electrons. The minimum absolute atomic E-state index is 0.246. The average molecular weight is 317 g/mol. The first-order valence-electron chi connectivity index (χ1n) is 6.41. The fraction of sp³-hybridized carbons (Fsp3) is 0.0667. The fourth-order valence-corrected chi connectivity index (χ4v) is 1.65. The smallest absolute Gasteiger partial charge is 0.329 e. The van der Waals surface area contributed by atoms with Crippen molar-refractivity contribution in [2.24, 2.45) is 5.10 Å². The summed E-state index contributed by atoms with van der Waals surface area (Å²) in [4.78, 5) is 27.0. The van der Waals surface area contributed by atoms with Gasteiger partial charge in [0.25, 0.3) is 0 Å². The predicted octanol–water partition coefficient (Wildman–Crippen LogP) is 1.50. The van der Waals surface area contributed by atoms with Crippen molar-refractivity contribution in [2.45, 2.75) is 6.54 Å². The van der Waals surface area contributed by atoms with Gasteiger partial charge in [-0.2, -0.15) is 5.10 Å². The third kappa shape index (κ3) is 4.99. The average Bonchev–Trinajstić information content (AvgIpc) is 2.55. The van der Waals surface area contributed by atoms with Crippen molar-refractivity contribution in [3.8, 4) is 0 Å². The molecule has 0 spiro atoms. The van der Waals surface area contributed by atoms with Crippen molar-refractivity contribution in [1.82, 2.24) is 15.7 Å². The first-order valence-corrected chi connectivity index (χ1v) is 6.78. The van der Waals surface area contributed by atoms with Crippen LogP contribution in [0.15, 0.2) is 53.9 Å². The van der Waals surface area contributed by atoms with Crippen molar-refractivity contribution in [3.63, 3.8) is 0 Å². The first-order chi connectivity index (χ1) is 10.6. The molecule has 6 nitrogen and oxygen atoms in total. The van der Waals surface area contributed by atoms with Crippen LogP contribution in [0.4, 0.5) is 0 Å². The topological polar surface area (TPSA) is 83.5 Å². The molecule has 7 heteroatoms. The number of carbonyl (C=O) groups excluding carboxylic acids is 2. The highest BCUT2D eigenvalue weighted by Gasteiger charge is 2.11. The zero-order valence-electron chi connectivity index (χ0n) is 11.5. The normalized spacial score (nSPS) is 10.4. The molecule has 1 aromatic carbocycles. The lowest BCUT2D eigenvalue weighted by molar-refractivity contribution is -0.139. The fourth-order valence-electron chi connectivity index (χ4n) is 1.53. The molecule has 0 aliphatic rings. The van der Waals surface area contributed by atoms with Gasteiger partial charge in [-0.1, -0.05) is 23.7 Å². The van der Waals surface area contributed by atoms with Crippen LogP contribution < -0.4 is 10.7 Å². The van der Waals surface area contributed by atoms with Crippen molar-refractivity contribution >= 4 is 29.6 Å². The number of hydrazone groups is 1. The summed E-state index contributed by atoms with van der Waals surface area (Å²) < 4.78 is 0. The van der Waals surface area contributed by atoms with Gasteiger partial charge in [0.05, 0.1) is 6.21 Å². The first kappa shape index (κ1) is 15.7. The number of nitrogens with zero attached hydrogens (tertiary/aromatic N) is 2. The number of rotatable bonds is 4. The van der Waals surface area contributed by atoms with Gasteiger partial charge in [-0.05, 0) is 35.4 Å². The van der Waals surface area contributed by atoms with E-state index in [4.69, 9.17) is 11.6 Å². The number of nitrogens with one attached hydrogen (secondary N) is 2. The van der Waals surface area contributed by atoms with Crippen molar-refractivity contribution < 1.29 is 9.59 Å². The molecule has 1 heterocycles. The maximum absolute atomic E-state index is 11.6. The number of hydrogen-bond donors (Lipinski definition) is 2. The van der Waals surface area contributed by atoms with Gasteiger partial charge >= 0.3 is 11.8 Å². The molecule has 0 aliphatic heterocycles. The van der Waals surface area contributed by atoms with Crippen LogP contribution in [-0.4, -0.2) is 23.0 Å². The summed E-state index contributed by atoms with van der Waals surface area (Å²) in [6.45, 7) is 0.246. The van der Waals surface area contributed by atoms with Gasteiger partial charge < -0.3 is 5.32 Å². The van der Waals surface area contributed by atoms with Crippen LogP contribution in [0, 0.1) is 0 Å². The number of carbonyl (C=O) groups is 2. The molecule has 22 heavy (non-hydrogen) atoms. The lowest BCUT2D eigenvalue weighted by Gasteiger charge is -2.03. The van der Waals surface area contributed by atoms with Gasteiger partial charge in [0.15, 0.2) is 0 Å². The summed E-state index contributed by atoms with van der Waals surface area (Å²) in [5.74, 6) is -1.59. The van der Waals surface area contributed by atoms with Crippen LogP contribution in [0.5, 0.6) is 0 Å². The van der Waals surface area contributed by atoms with E-state index >= 15 is 0 Å². The van der Waals surface area contributed by atoms with Crippen LogP contribution in [0.25, 0.3) is 0 Å². The third-order valence-corrected chi connectivity index (χ3v) is 2.91. The number of aromatic nitrogens is 1. The van der Waals surface area contributed by atoms with Gasteiger partial charge in [0, 0.05) is 24.0 Å². The summed E-state index contributed by atoms with van der Waals surface area (Å²) in [7, 11) is 0. The minimum Gasteiger partial charge on any atom is -0.344 e. The molecular weight excluding hydrogens is 304 g/mol.